The molecule has 0 atom stereocenters. The molecule has 0 radical (unpaired) electrons. The van der Waals surface area contributed by atoms with Gasteiger partial charge in [-0.15, -0.1) is 22.7 Å². The average molecular weight is 773 g/mol. The van der Waals surface area contributed by atoms with Gasteiger partial charge in [0, 0.05) is 36.1 Å². The molecule has 0 saturated carbocycles. The summed E-state index contributed by atoms with van der Waals surface area (Å²) in [4.78, 5) is 5.18. The third-order valence-electron chi connectivity index (χ3n) is 12.0. The lowest BCUT2D eigenvalue weighted by molar-refractivity contribution is 0.397. The Hall–Kier alpha value is -3.12. The molecule has 6 aromatic rings. The van der Waals surface area contributed by atoms with Crippen molar-refractivity contribution in [3.63, 3.8) is 0 Å². The van der Waals surface area contributed by atoms with E-state index in [2.05, 4.69) is 100 Å². The van der Waals surface area contributed by atoms with E-state index in [9.17, 15) is 0 Å². The van der Waals surface area contributed by atoms with Crippen molar-refractivity contribution in [2.75, 3.05) is 0 Å². The molecule has 0 spiro atoms. The van der Waals surface area contributed by atoms with Crippen LogP contribution in [0.25, 0.3) is 53.5 Å². The van der Waals surface area contributed by atoms with E-state index in [0.717, 1.165) is 11.0 Å². The Morgan fingerprint density at radius 1 is 0.463 bits per heavy atom. The van der Waals surface area contributed by atoms with Gasteiger partial charge < -0.3 is 0 Å². The fraction of sp³-hybridized carbons (Fsp3) is 0.469. The summed E-state index contributed by atoms with van der Waals surface area (Å²) < 4.78 is 9.61. The Balaban J connectivity index is 1.18. The smallest absolute Gasteiger partial charge is 0.114 e. The van der Waals surface area contributed by atoms with Gasteiger partial charge in [0.2, 0.25) is 0 Å². The normalized spacial score (nSPS) is 13.2. The van der Waals surface area contributed by atoms with Crippen LogP contribution in [0.3, 0.4) is 0 Å². The largest absolute Gasteiger partial charge is 0.172 e. The molecule has 3 heterocycles. The van der Waals surface area contributed by atoms with Crippen LogP contribution in [-0.2, 0) is 5.41 Å². The van der Waals surface area contributed by atoms with E-state index < -0.39 is 0 Å². The Labute approximate surface area is 337 Å². The second-order valence-electron chi connectivity index (χ2n) is 16.0. The molecule has 0 N–H and O–H groups in total. The van der Waals surface area contributed by atoms with Crippen molar-refractivity contribution in [2.45, 2.75) is 149 Å². The van der Waals surface area contributed by atoms with Gasteiger partial charge in [-0.1, -0.05) is 165 Å². The summed E-state index contributed by atoms with van der Waals surface area (Å²) in [5.41, 5.74) is 13.4. The predicted molar refractivity (Wildman–Crippen MR) is 240 cm³/mol. The van der Waals surface area contributed by atoms with Gasteiger partial charge in [0.05, 0.1) is 11.7 Å². The summed E-state index contributed by atoms with van der Waals surface area (Å²) in [6, 6.07) is 28.4. The summed E-state index contributed by atoms with van der Waals surface area (Å²) in [5.74, 6) is 0. The van der Waals surface area contributed by atoms with Crippen LogP contribution in [0.4, 0.5) is 0 Å². The van der Waals surface area contributed by atoms with Gasteiger partial charge in [0.1, 0.15) is 11.0 Å². The first-order valence-electron chi connectivity index (χ1n) is 21.2. The zero-order valence-electron chi connectivity index (χ0n) is 33.3. The van der Waals surface area contributed by atoms with Crippen LogP contribution in [0, 0.1) is 13.8 Å². The third kappa shape index (κ3) is 8.64. The molecule has 2 nitrogen and oxygen atoms in total. The lowest BCUT2D eigenvalue weighted by Gasteiger charge is -2.33. The second kappa shape index (κ2) is 18.7. The molecule has 1 aliphatic carbocycles. The molecule has 3 aromatic heterocycles. The van der Waals surface area contributed by atoms with E-state index in [1.165, 1.54) is 180 Å². The van der Waals surface area contributed by atoms with Crippen molar-refractivity contribution in [1.29, 1.82) is 0 Å². The number of hydrogen-bond donors (Lipinski definition) is 0. The van der Waals surface area contributed by atoms with Gasteiger partial charge in [-0.25, -0.2) is 0 Å². The molecule has 0 bridgehead atoms. The number of benzene rings is 3. The summed E-state index contributed by atoms with van der Waals surface area (Å²) in [5, 5.41) is 0. The molecule has 1 aliphatic rings. The summed E-state index contributed by atoms with van der Waals surface area (Å²) >= 11 is 5.05. The first kappa shape index (κ1) is 39.1. The van der Waals surface area contributed by atoms with Crippen LogP contribution in [0.15, 0.2) is 72.8 Å². The van der Waals surface area contributed by atoms with Crippen LogP contribution in [0.5, 0.6) is 0 Å². The minimum absolute atomic E-state index is 0.0889. The highest BCUT2D eigenvalue weighted by atomic mass is 32.1. The first-order valence-corrected chi connectivity index (χ1v) is 23.6. The quantitative estimate of drug-likeness (QED) is 0.0681. The maximum atomic E-state index is 4.83. The third-order valence-corrected chi connectivity index (χ3v) is 14.7. The molecule has 3 aromatic carbocycles. The van der Waals surface area contributed by atoms with Crippen molar-refractivity contribution in [1.82, 2.24) is 8.75 Å². The van der Waals surface area contributed by atoms with Gasteiger partial charge in [0.15, 0.2) is 0 Å². The van der Waals surface area contributed by atoms with Crippen molar-refractivity contribution in [3.8, 4) is 42.4 Å². The zero-order chi connectivity index (χ0) is 37.3. The van der Waals surface area contributed by atoms with E-state index in [1.807, 2.05) is 22.7 Å². The molecule has 284 valence electrons. The number of rotatable bonds is 21. The Kier molecular flexibility index (Phi) is 13.5. The molecule has 0 amide bonds. The molecule has 0 saturated heterocycles. The molecular weight excluding hydrogens is 713 g/mol. The maximum absolute atomic E-state index is 4.83. The second-order valence-corrected chi connectivity index (χ2v) is 18.9. The van der Waals surface area contributed by atoms with Crippen LogP contribution in [-0.4, -0.2) is 8.75 Å². The molecular formula is C49H60N2S3. The number of hydrogen-bond acceptors (Lipinski definition) is 5. The van der Waals surface area contributed by atoms with E-state index in [4.69, 9.17) is 8.75 Å². The molecule has 7 rings (SSSR count). The number of aromatic nitrogens is 2. The topological polar surface area (TPSA) is 25.8 Å². The van der Waals surface area contributed by atoms with Gasteiger partial charge in [-0.05, 0) is 84.8 Å². The van der Waals surface area contributed by atoms with Gasteiger partial charge >= 0.3 is 0 Å². The van der Waals surface area contributed by atoms with Crippen LogP contribution in [0.2, 0.25) is 0 Å². The maximum Gasteiger partial charge on any atom is 0.114 e. The molecule has 0 aliphatic heterocycles. The fourth-order valence-corrected chi connectivity index (χ4v) is 11.5. The Bertz CT molecular complexity index is 2090. The van der Waals surface area contributed by atoms with Crippen molar-refractivity contribution in [3.05, 3.63) is 94.4 Å². The average Bonchev–Trinajstić information content (AvgIpc) is 4.00. The van der Waals surface area contributed by atoms with Crippen molar-refractivity contribution in [2.24, 2.45) is 0 Å². The van der Waals surface area contributed by atoms with Crippen LogP contribution in [0.1, 0.15) is 151 Å². The van der Waals surface area contributed by atoms with Gasteiger partial charge in [-0.2, -0.15) is 8.75 Å². The summed E-state index contributed by atoms with van der Waals surface area (Å²) in [6.45, 7) is 9.09. The molecule has 54 heavy (non-hydrogen) atoms. The minimum atomic E-state index is 0.0889. The van der Waals surface area contributed by atoms with Crippen LogP contribution < -0.4 is 0 Å². The van der Waals surface area contributed by atoms with Crippen molar-refractivity contribution >= 4 is 45.4 Å². The monoisotopic (exact) mass is 772 g/mol. The first-order chi connectivity index (χ1) is 26.5. The molecule has 0 unspecified atom stereocenters. The summed E-state index contributed by atoms with van der Waals surface area (Å²) in [6.07, 6.45) is 24.4. The highest BCUT2D eigenvalue weighted by Crippen LogP contribution is 2.55. The number of aryl methyl sites for hydroxylation is 2. The van der Waals surface area contributed by atoms with E-state index >= 15 is 0 Å². The highest BCUT2D eigenvalue weighted by Gasteiger charge is 2.42. The lowest BCUT2D eigenvalue weighted by atomic mass is 9.70. The fourth-order valence-electron chi connectivity index (χ4n) is 9.03. The van der Waals surface area contributed by atoms with Crippen LogP contribution >= 0.6 is 34.4 Å². The Morgan fingerprint density at radius 2 is 0.944 bits per heavy atom. The highest BCUT2D eigenvalue weighted by molar-refractivity contribution is 7.19. The van der Waals surface area contributed by atoms with E-state index in [0.29, 0.717) is 0 Å². The zero-order valence-corrected chi connectivity index (χ0v) is 35.7. The SMILES string of the molecule is CCCCCCCCCCC1(CCCCCCCCCC)c2cc(C)ccc2-c2ccc(-c3ccc(-c4ccc(-c5ccc(C)s5)c5nsnc45)s3)cc21. The number of unbranched alkanes of at least 4 members (excludes halogenated alkanes) is 14. The summed E-state index contributed by atoms with van der Waals surface area (Å²) in [7, 11) is 0. The molecule has 5 heteroatoms. The van der Waals surface area contributed by atoms with E-state index in [-0.39, 0.29) is 5.41 Å². The lowest BCUT2D eigenvalue weighted by Crippen LogP contribution is -2.25. The van der Waals surface area contributed by atoms with E-state index in [1.54, 1.807) is 11.1 Å². The van der Waals surface area contributed by atoms with Crippen molar-refractivity contribution < 1.29 is 0 Å². The minimum Gasteiger partial charge on any atom is -0.172 e. The van der Waals surface area contributed by atoms with Gasteiger partial charge in [-0.3, -0.25) is 0 Å². The number of thiophene rings is 2. The molecule has 0 fully saturated rings. The standard InChI is InChI=1S/C49H60N2S3/c1-5-7-9-11-13-15-17-19-31-49(32-20-18-16-14-12-10-8-6-2)42-33-35(3)21-24-38(42)39-25-23-37(34-43(39)49)44-29-30-46(53-44)41-27-26-40(45-28-22-36(4)52-45)47-48(41)51-54-50-47/h21-30,33-34H,5-20,31-32H2,1-4H3. The predicted octanol–water partition coefficient (Wildman–Crippen LogP) is 16.8. The van der Waals surface area contributed by atoms with Gasteiger partial charge in [0.25, 0.3) is 0 Å². The number of nitrogens with zero attached hydrogens (tertiary/aromatic N) is 2. The number of fused-ring (bicyclic) bond motifs is 4. The Morgan fingerprint density at radius 3 is 1.52 bits per heavy atom.